The van der Waals surface area contributed by atoms with E-state index in [1.807, 2.05) is 0 Å². The molecule has 2 aliphatic carbocycles. The summed E-state index contributed by atoms with van der Waals surface area (Å²) >= 11 is 0. The summed E-state index contributed by atoms with van der Waals surface area (Å²) < 4.78 is 0. The fourth-order valence-corrected chi connectivity index (χ4v) is 3.70. The first-order valence-electron chi connectivity index (χ1n) is 6.38. The largest absolute Gasteiger partial charge is 0.392 e. The van der Waals surface area contributed by atoms with Crippen molar-refractivity contribution in [2.24, 2.45) is 29.6 Å². The molecular formula is C13H24O2. The van der Waals surface area contributed by atoms with Crippen molar-refractivity contribution >= 4 is 0 Å². The van der Waals surface area contributed by atoms with Crippen molar-refractivity contribution in [3.8, 4) is 0 Å². The summed E-state index contributed by atoms with van der Waals surface area (Å²) in [6.07, 6.45) is 2.89. The molecule has 88 valence electrons. The van der Waals surface area contributed by atoms with Crippen LogP contribution in [0.25, 0.3) is 0 Å². The van der Waals surface area contributed by atoms with Crippen molar-refractivity contribution in [1.29, 1.82) is 0 Å². The van der Waals surface area contributed by atoms with Gasteiger partial charge in [0.1, 0.15) is 0 Å². The Morgan fingerprint density at radius 2 is 1.73 bits per heavy atom. The first kappa shape index (κ1) is 11.4. The predicted octanol–water partition coefficient (Wildman–Crippen LogP) is 2.05. The predicted molar refractivity (Wildman–Crippen MR) is 60.3 cm³/mol. The molecule has 2 fully saturated rings. The Labute approximate surface area is 92.7 Å². The van der Waals surface area contributed by atoms with Gasteiger partial charge >= 0.3 is 0 Å². The molecule has 0 amide bonds. The van der Waals surface area contributed by atoms with Gasteiger partial charge in [0.2, 0.25) is 0 Å². The number of aliphatic hydroxyl groups is 2. The first-order valence-corrected chi connectivity index (χ1v) is 6.38. The summed E-state index contributed by atoms with van der Waals surface area (Å²) in [5.41, 5.74) is 0. The molecule has 0 radical (unpaired) electrons. The zero-order valence-electron chi connectivity index (χ0n) is 10.1. The van der Waals surface area contributed by atoms with Crippen LogP contribution in [0.3, 0.4) is 0 Å². The highest BCUT2D eigenvalue weighted by atomic mass is 16.3. The Balaban J connectivity index is 2.13. The molecule has 2 N–H and O–H groups in total. The molecule has 2 aliphatic rings. The average molecular weight is 212 g/mol. The van der Waals surface area contributed by atoms with Gasteiger partial charge in [-0.2, -0.15) is 0 Å². The lowest BCUT2D eigenvalue weighted by molar-refractivity contribution is -0.0517. The fraction of sp³-hybridized carbons (Fsp3) is 1.00. The Hall–Kier alpha value is -0.0800. The van der Waals surface area contributed by atoms with E-state index in [9.17, 15) is 10.2 Å². The van der Waals surface area contributed by atoms with E-state index in [0.29, 0.717) is 23.7 Å². The van der Waals surface area contributed by atoms with Crippen LogP contribution in [-0.2, 0) is 0 Å². The zero-order valence-corrected chi connectivity index (χ0v) is 10.1. The number of rotatable bonds is 1. The van der Waals surface area contributed by atoms with Gasteiger partial charge in [0.25, 0.3) is 0 Å². The van der Waals surface area contributed by atoms with Gasteiger partial charge in [-0.3, -0.25) is 0 Å². The van der Waals surface area contributed by atoms with Gasteiger partial charge in [-0.25, -0.2) is 0 Å². The smallest absolute Gasteiger partial charge is 0.0626 e. The van der Waals surface area contributed by atoms with Crippen molar-refractivity contribution in [3.05, 3.63) is 0 Å². The van der Waals surface area contributed by atoms with Gasteiger partial charge in [-0.05, 0) is 42.9 Å². The summed E-state index contributed by atoms with van der Waals surface area (Å²) in [7, 11) is 0. The third-order valence-corrected chi connectivity index (χ3v) is 4.78. The monoisotopic (exact) mass is 212 g/mol. The highest BCUT2D eigenvalue weighted by Gasteiger charge is 2.49. The van der Waals surface area contributed by atoms with Crippen LogP contribution >= 0.6 is 0 Å². The van der Waals surface area contributed by atoms with Crippen molar-refractivity contribution in [2.45, 2.75) is 52.2 Å². The van der Waals surface area contributed by atoms with E-state index in [1.54, 1.807) is 0 Å². The SMILES string of the molecule is CC(C)[C@H]1CC2CC[C@H](C)C(O)C2C1O. The molecule has 0 heterocycles. The van der Waals surface area contributed by atoms with E-state index in [4.69, 9.17) is 0 Å². The van der Waals surface area contributed by atoms with E-state index < -0.39 is 0 Å². The molecule has 2 rings (SSSR count). The maximum absolute atomic E-state index is 10.3. The van der Waals surface area contributed by atoms with Crippen LogP contribution in [0.1, 0.15) is 40.0 Å². The van der Waals surface area contributed by atoms with Crippen molar-refractivity contribution in [1.82, 2.24) is 0 Å². The van der Waals surface area contributed by atoms with E-state index in [1.165, 1.54) is 6.42 Å². The molecule has 0 bridgehead atoms. The fourth-order valence-electron chi connectivity index (χ4n) is 3.70. The first-order chi connectivity index (χ1) is 7.02. The molecule has 0 aliphatic heterocycles. The second-order valence-corrected chi connectivity index (χ2v) is 6.02. The molecule has 0 spiro atoms. The molecule has 0 aromatic rings. The van der Waals surface area contributed by atoms with Crippen LogP contribution in [0.2, 0.25) is 0 Å². The molecule has 4 unspecified atom stereocenters. The molecule has 6 atom stereocenters. The van der Waals surface area contributed by atoms with Crippen LogP contribution in [-0.4, -0.2) is 22.4 Å². The molecule has 15 heavy (non-hydrogen) atoms. The minimum Gasteiger partial charge on any atom is -0.392 e. The van der Waals surface area contributed by atoms with Crippen LogP contribution in [0, 0.1) is 29.6 Å². The van der Waals surface area contributed by atoms with Gasteiger partial charge in [0.05, 0.1) is 12.2 Å². The molecule has 2 saturated carbocycles. The number of hydrogen-bond acceptors (Lipinski definition) is 2. The standard InChI is InChI=1S/C13H24O2/c1-7(2)10-6-9-5-4-8(3)12(14)11(9)13(10)15/h7-15H,4-6H2,1-3H3/t8-,9?,10+,11?,12?,13?/m0/s1. The topological polar surface area (TPSA) is 40.5 Å². The van der Waals surface area contributed by atoms with Crippen LogP contribution < -0.4 is 0 Å². The Morgan fingerprint density at radius 3 is 2.33 bits per heavy atom. The van der Waals surface area contributed by atoms with Gasteiger partial charge in [-0.15, -0.1) is 0 Å². The van der Waals surface area contributed by atoms with E-state index in [2.05, 4.69) is 20.8 Å². The van der Waals surface area contributed by atoms with Gasteiger partial charge in [0, 0.05) is 5.92 Å². The van der Waals surface area contributed by atoms with Crippen LogP contribution in [0.5, 0.6) is 0 Å². The normalized spacial score (nSPS) is 50.8. The van der Waals surface area contributed by atoms with Gasteiger partial charge in [0.15, 0.2) is 0 Å². The zero-order chi connectivity index (χ0) is 11.2. The van der Waals surface area contributed by atoms with E-state index >= 15 is 0 Å². The minimum atomic E-state index is -0.275. The Kier molecular flexibility index (Phi) is 3.09. The highest BCUT2D eigenvalue weighted by Crippen LogP contribution is 2.49. The maximum Gasteiger partial charge on any atom is 0.0626 e. The summed E-state index contributed by atoms with van der Waals surface area (Å²) in [6.45, 7) is 6.47. The quantitative estimate of drug-likeness (QED) is 0.698. The number of fused-ring (bicyclic) bond motifs is 1. The molecule has 0 aromatic heterocycles. The molecule has 2 heteroatoms. The van der Waals surface area contributed by atoms with E-state index in [-0.39, 0.29) is 18.1 Å². The lowest BCUT2D eigenvalue weighted by atomic mass is 9.73. The molecule has 0 saturated heterocycles. The van der Waals surface area contributed by atoms with E-state index in [0.717, 1.165) is 12.8 Å². The van der Waals surface area contributed by atoms with Crippen LogP contribution in [0.4, 0.5) is 0 Å². The van der Waals surface area contributed by atoms with Crippen molar-refractivity contribution in [3.63, 3.8) is 0 Å². The highest BCUT2D eigenvalue weighted by molar-refractivity contribution is 4.99. The summed E-state index contributed by atoms with van der Waals surface area (Å²) in [5, 5.41) is 20.4. The second kappa shape index (κ2) is 4.06. The molecular weight excluding hydrogens is 188 g/mol. The Morgan fingerprint density at radius 1 is 1.07 bits per heavy atom. The van der Waals surface area contributed by atoms with Crippen LogP contribution in [0.15, 0.2) is 0 Å². The molecule has 0 aromatic carbocycles. The summed E-state index contributed by atoms with van der Waals surface area (Å²) in [4.78, 5) is 0. The minimum absolute atomic E-state index is 0.154. The average Bonchev–Trinajstić information content (AvgIpc) is 2.50. The number of aliphatic hydroxyl groups excluding tert-OH is 2. The Bertz CT molecular complexity index is 227. The third kappa shape index (κ3) is 1.83. The van der Waals surface area contributed by atoms with Crippen molar-refractivity contribution in [2.75, 3.05) is 0 Å². The maximum atomic E-state index is 10.3. The second-order valence-electron chi connectivity index (χ2n) is 6.02. The van der Waals surface area contributed by atoms with Gasteiger partial charge < -0.3 is 10.2 Å². The van der Waals surface area contributed by atoms with Gasteiger partial charge in [-0.1, -0.05) is 20.8 Å². The third-order valence-electron chi connectivity index (χ3n) is 4.78. The van der Waals surface area contributed by atoms with Crippen molar-refractivity contribution < 1.29 is 10.2 Å². The lowest BCUT2D eigenvalue weighted by Crippen LogP contribution is -2.41. The molecule has 2 nitrogen and oxygen atoms in total. The summed E-state index contributed by atoms with van der Waals surface area (Å²) in [5.74, 6) is 2.03. The summed E-state index contributed by atoms with van der Waals surface area (Å²) in [6, 6.07) is 0. The lowest BCUT2D eigenvalue weighted by Gasteiger charge is -2.36. The number of hydrogen-bond donors (Lipinski definition) is 2.